The van der Waals surface area contributed by atoms with Gasteiger partial charge in [0.25, 0.3) is 0 Å². The van der Waals surface area contributed by atoms with Gasteiger partial charge in [-0.2, -0.15) is 4.37 Å². The first-order valence-electron chi connectivity index (χ1n) is 7.03. The average molecular weight is 289 g/mol. The molecule has 0 spiro atoms. The van der Waals surface area contributed by atoms with Crippen molar-refractivity contribution in [3.63, 3.8) is 0 Å². The Morgan fingerprint density at radius 1 is 1.45 bits per heavy atom. The zero-order chi connectivity index (χ0) is 14.1. The molecular weight excluding hydrogens is 270 g/mol. The number of aromatic hydroxyl groups is 1. The number of nitrogens with zero attached hydrogens (tertiary/aromatic N) is 2. The fraction of sp³-hybridized carbons (Fsp3) is 0.467. The average Bonchev–Trinajstić information content (AvgIpc) is 2.98. The van der Waals surface area contributed by atoms with Crippen molar-refractivity contribution in [3.8, 4) is 5.75 Å². The van der Waals surface area contributed by atoms with Crippen LogP contribution in [0.15, 0.2) is 18.2 Å². The molecule has 1 aromatic heterocycles. The van der Waals surface area contributed by atoms with E-state index < -0.39 is 0 Å². The quantitative estimate of drug-likeness (QED) is 0.904. The Hall–Kier alpha value is -1.62. The van der Waals surface area contributed by atoms with Crippen molar-refractivity contribution >= 4 is 16.7 Å². The van der Waals surface area contributed by atoms with Gasteiger partial charge >= 0.3 is 0 Å². The number of rotatable bonds is 4. The molecule has 1 aliphatic carbocycles. The van der Waals surface area contributed by atoms with Crippen molar-refractivity contribution in [3.05, 3.63) is 35.2 Å². The highest BCUT2D eigenvalue weighted by Crippen LogP contribution is 2.38. The number of benzene rings is 1. The van der Waals surface area contributed by atoms with E-state index in [1.807, 2.05) is 6.07 Å². The van der Waals surface area contributed by atoms with E-state index in [9.17, 15) is 5.11 Å². The first kappa shape index (κ1) is 13.4. The minimum absolute atomic E-state index is 0.233. The third-order valence-electron chi connectivity index (χ3n) is 3.60. The van der Waals surface area contributed by atoms with Gasteiger partial charge in [-0.3, -0.25) is 0 Å². The lowest BCUT2D eigenvalue weighted by atomic mass is 10.1. The second kappa shape index (κ2) is 5.40. The van der Waals surface area contributed by atoms with E-state index in [2.05, 4.69) is 34.6 Å². The molecule has 0 amide bonds. The highest BCUT2D eigenvalue weighted by Gasteiger charge is 2.25. The zero-order valence-corrected chi connectivity index (χ0v) is 12.6. The summed E-state index contributed by atoms with van der Waals surface area (Å²) in [5, 5.41) is 14.2. The molecule has 1 atom stereocenters. The summed E-state index contributed by atoms with van der Waals surface area (Å²) in [5.74, 6) is 1.90. The molecule has 3 rings (SSSR count). The molecule has 0 saturated carbocycles. The number of hydrogen-bond donors (Lipinski definition) is 2. The van der Waals surface area contributed by atoms with E-state index in [4.69, 9.17) is 0 Å². The fourth-order valence-electron chi connectivity index (χ4n) is 2.69. The van der Waals surface area contributed by atoms with Gasteiger partial charge in [-0.05, 0) is 36.0 Å². The van der Waals surface area contributed by atoms with Crippen LogP contribution in [0.1, 0.15) is 43.3 Å². The molecule has 1 heterocycles. The summed E-state index contributed by atoms with van der Waals surface area (Å²) >= 11 is 1.42. The van der Waals surface area contributed by atoms with Gasteiger partial charge in [-0.25, -0.2) is 4.98 Å². The third-order valence-corrected chi connectivity index (χ3v) is 4.29. The first-order chi connectivity index (χ1) is 9.63. The third kappa shape index (κ3) is 2.63. The van der Waals surface area contributed by atoms with E-state index in [-0.39, 0.29) is 6.04 Å². The van der Waals surface area contributed by atoms with Crippen molar-refractivity contribution in [2.24, 2.45) is 5.92 Å². The van der Waals surface area contributed by atoms with Crippen molar-refractivity contribution in [2.45, 2.75) is 39.2 Å². The Labute approximate surface area is 123 Å². The molecule has 0 saturated heterocycles. The topological polar surface area (TPSA) is 58.0 Å². The van der Waals surface area contributed by atoms with E-state index in [1.165, 1.54) is 17.1 Å². The maximum atomic E-state index is 9.87. The molecule has 0 bridgehead atoms. The Morgan fingerprint density at radius 2 is 2.30 bits per heavy atom. The summed E-state index contributed by atoms with van der Waals surface area (Å²) in [6, 6.07) is 5.97. The fourth-order valence-corrected chi connectivity index (χ4v) is 3.34. The van der Waals surface area contributed by atoms with Gasteiger partial charge in [-0.15, -0.1) is 0 Å². The molecular formula is C15H19N3OS. The van der Waals surface area contributed by atoms with Crippen LogP contribution >= 0.6 is 11.5 Å². The summed E-state index contributed by atoms with van der Waals surface area (Å²) < 4.78 is 4.39. The van der Waals surface area contributed by atoms with Crippen LogP contribution in [-0.2, 0) is 12.8 Å². The van der Waals surface area contributed by atoms with E-state index in [1.54, 1.807) is 6.07 Å². The van der Waals surface area contributed by atoms with Crippen molar-refractivity contribution in [1.82, 2.24) is 9.36 Å². The monoisotopic (exact) mass is 289 g/mol. The first-order valence-corrected chi connectivity index (χ1v) is 7.80. The van der Waals surface area contributed by atoms with E-state index in [0.717, 1.165) is 35.8 Å². The van der Waals surface area contributed by atoms with Crippen LogP contribution in [0.4, 0.5) is 5.13 Å². The van der Waals surface area contributed by atoms with Crippen LogP contribution in [0.25, 0.3) is 0 Å². The maximum Gasteiger partial charge on any atom is 0.203 e. The lowest BCUT2D eigenvalue weighted by Crippen LogP contribution is -2.07. The van der Waals surface area contributed by atoms with Gasteiger partial charge < -0.3 is 10.4 Å². The normalized spacial score (nSPS) is 17.4. The predicted molar refractivity (Wildman–Crippen MR) is 81.2 cm³/mol. The SMILES string of the molecule is CC(C)Cc1nsc(NC2CCc3c(O)cccc32)n1. The summed E-state index contributed by atoms with van der Waals surface area (Å²) in [4.78, 5) is 4.54. The minimum atomic E-state index is 0.233. The number of aromatic nitrogens is 2. The van der Waals surface area contributed by atoms with E-state index in [0.29, 0.717) is 11.7 Å². The van der Waals surface area contributed by atoms with Gasteiger partial charge in [0.05, 0.1) is 6.04 Å². The van der Waals surface area contributed by atoms with Crippen molar-refractivity contribution in [1.29, 1.82) is 0 Å². The lowest BCUT2D eigenvalue weighted by molar-refractivity contribution is 0.469. The molecule has 1 aliphatic rings. The number of anilines is 1. The molecule has 0 radical (unpaired) electrons. The van der Waals surface area contributed by atoms with Gasteiger partial charge in [0, 0.05) is 18.0 Å². The number of phenols is 1. The lowest BCUT2D eigenvalue weighted by Gasteiger charge is -2.12. The molecule has 106 valence electrons. The van der Waals surface area contributed by atoms with Crippen LogP contribution in [0.3, 0.4) is 0 Å². The summed E-state index contributed by atoms with van der Waals surface area (Å²) in [6.45, 7) is 4.34. The predicted octanol–water partition coefficient (Wildman–Crippen LogP) is 3.54. The summed E-state index contributed by atoms with van der Waals surface area (Å²) in [5.41, 5.74) is 2.25. The van der Waals surface area contributed by atoms with Crippen LogP contribution in [-0.4, -0.2) is 14.5 Å². The Balaban J connectivity index is 1.74. The van der Waals surface area contributed by atoms with Crippen LogP contribution < -0.4 is 5.32 Å². The summed E-state index contributed by atoms with van der Waals surface area (Å²) in [6.07, 6.45) is 2.82. The van der Waals surface area contributed by atoms with Gasteiger partial charge in [0.15, 0.2) is 0 Å². The maximum absolute atomic E-state index is 9.87. The standard InChI is InChI=1S/C15H19N3OS/c1-9(2)8-14-17-15(20-18-14)16-12-7-6-11-10(12)4-3-5-13(11)19/h3-5,9,12,19H,6-8H2,1-2H3,(H,16,17,18). The molecule has 1 aromatic carbocycles. The Morgan fingerprint density at radius 3 is 3.10 bits per heavy atom. The molecule has 1 unspecified atom stereocenters. The zero-order valence-electron chi connectivity index (χ0n) is 11.8. The molecule has 20 heavy (non-hydrogen) atoms. The van der Waals surface area contributed by atoms with Gasteiger partial charge in [0.1, 0.15) is 11.6 Å². The van der Waals surface area contributed by atoms with E-state index >= 15 is 0 Å². The van der Waals surface area contributed by atoms with Crippen molar-refractivity contribution < 1.29 is 5.11 Å². The number of phenolic OH excluding ortho intramolecular Hbond substituents is 1. The number of hydrogen-bond acceptors (Lipinski definition) is 5. The van der Waals surface area contributed by atoms with Crippen LogP contribution in [0.2, 0.25) is 0 Å². The molecule has 4 nitrogen and oxygen atoms in total. The Bertz CT molecular complexity index is 609. The molecule has 2 N–H and O–H groups in total. The largest absolute Gasteiger partial charge is 0.508 e. The highest BCUT2D eigenvalue weighted by atomic mass is 32.1. The molecule has 0 aliphatic heterocycles. The molecule has 0 fully saturated rings. The number of fused-ring (bicyclic) bond motifs is 1. The van der Waals surface area contributed by atoms with Gasteiger partial charge in [-0.1, -0.05) is 26.0 Å². The van der Waals surface area contributed by atoms with Gasteiger partial charge in [0.2, 0.25) is 5.13 Å². The smallest absolute Gasteiger partial charge is 0.203 e. The highest BCUT2D eigenvalue weighted by molar-refractivity contribution is 7.09. The minimum Gasteiger partial charge on any atom is -0.508 e. The second-order valence-corrected chi connectivity index (χ2v) is 6.45. The Kier molecular flexibility index (Phi) is 3.61. The molecule has 5 heteroatoms. The summed E-state index contributed by atoms with van der Waals surface area (Å²) in [7, 11) is 0. The van der Waals surface area contributed by atoms with Crippen LogP contribution in [0, 0.1) is 5.92 Å². The second-order valence-electron chi connectivity index (χ2n) is 5.69. The number of nitrogens with one attached hydrogen (secondary N) is 1. The van der Waals surface area contributed by atoms with Crippen molar-refractivity contribution in [2.75, 3.05) is 5.32 Å². The van der Waals surface area contributed by atoms with Crippen LogP contribution in [0.5, 0.6) is 5.75 Å². The molecule has 2 aromatic rings.